The van der Waals surface area contributed by atoms with Crippen LogP contribution in [0.25, 0.3) is 0 Å². The molecule has 7 heteroatoms. The van der Waals surface area contributed by atoms with Gasteiger partial charge in [0.15, 0.2) is 0 Å². The van der Waals surface area contributed by atoms with Gasteiger partial charge in [-0.2, -0.15) is 0 Å². The molecule has 2 radical (unpaired) electrons. The molecule has 2 rings (SSSR count). The zero-order valence-corrected chi connectivity index (χ0v) is 22.8. The van der Waals surface area contributed by atoms with Crippen molar-refractivity contribution in [2.24, 2.45) is 0 Å². The number of thiol groups is 2. The normalized spacial score (nSPS) is 8.47. The summed E-state index contributed by atoms with van der Waals surface area (Å²) in [5, 5.41) is 0. The van der Waals surface area contributed by atoms with Gasteiger partial charge in [-0.1, -0.05) is 18.2 Å². The molecule has 2 aromatic carbocycles. The summed E-state index contributed by atoms with van der Waals surface area (Å²) < 4.78 is 3.77. The Labute approximate surface area is 210 Å². The van der Waals surface area contributed by atoms with Crippen molar-refractivity contribution in [3.05, 3.63) is 53.2 Å². The van der Waals surface area contributed by atoms with E-state index >= 15 is 0 Å². The molecule has 0 atom stereocenters. The van der Waals surface area contributed by atoms with Gasteiger partial charge in [0.2, 0.25) is 0 Å². The molecule has 19 heavy (non-hydrogen) atoms. The molecular formula is C12H9I3Na2S2. The molecule has 0 aliphatic carbocycles. The first-order chi connectivity index (χ1) is 8.00. The first kappa shape index (κ1) is 24.6. The smallest absolute Gasteiger partial charge is 0.0275 e. The van der Waals surface area contributed by atoms with Crippen molar-refractivity contribution in [3.8, 4) is 0 Å². The van der Waals surface area contributed by atoms with Crippen molar-refractivity contribution < 1.29 is 0 Å². The third-order valence-corrected chi connectivity index (χ3v) is 6.55. The fourth-order valence-electron chi connectivity index (χ4n) is 0.940. The van der Waals surface area contributed by atoms with Crippen LogP contribution in [0.1, 0.15) is 0 Å². The third kappa shape index (κ3) is 10.7. The van der Waals surface area contributed by atoms with Crippen molar-refractivity contribution in [3.63, 3.8) is 0 Å². The summed E-state index contributed by atoms with van der Waals surface area (Å²) in [5.74, 6) is 0. The fourth-order valence-corrected chi connectivity index (χ4v) is 3.55. The van der Waals surface area contributed by atoms with Crippen LogP contribution < -0.4 is 0 Å². The first-order valence-corrected chi connectivity index (χ1v) is 8.71. The van der Waals surface area contributed by atoms with Crippen molar-refractivity contribution in [1.82, 2.24) is 0 Å². The number of halogens is 3. The van der Waals surface area contributed by atoms with Crippen molar-refractivity contribution in [1.29, 1.82) is 0 Å². The largest absolute Gasteiger partial charge is 0.143 e. The van der Waals surface area contributed by atoms with E-state index in [1.165, 1.54) is 10.7 Å². The Hall–Kier alpha value is 3.33. The van der Waals surface area contributed by atoms with E-state index in [2.05, 4.69) is 105 Å². The summed E-state index contributed by atoms with van der Waals surface area (Å²) in [6.45, 7) is 0. The van der Waals surface area contributed by atoms with Crippen LogP contribution in [0.2, 0.25) is 0 Å². The average molecular weight is 644 g/mol. The van der Waals surface area contributed by atoms with Gasteiger partial charge in [-0.15, -0.1) is 25.3 Å². The topological polar surface area (TPSA) is 0 Å². The number of hydrogen-bond donors (Lipinski definition) is 2. The van der Waals surface area contributed by atoms with E-state index in [0.29, 0.717) is 0 Å². The SMILES string of the molecule is Sc1cc(I)c(I)cc1I.Sc1ccccc1.[Na].[Na]. The average Bonchev–Trinajstić information content (AvgIpc) is 2.28. The molecule has 0 saturated heterocycles. The summed E-state index contributed by atoms with van der Waals surface area (Å²) in [7, 11) is 0. The number of benzene rings is 2. The molecule has 0 saturated carbocycles. The second-order valence-corrected chi connectivity index (χ2v) is 7.54. The van der Waals surface area contributed by atoms with Gasteiger partial charge < -0.3 is 0 Å². The van der Waals surface area contributed by atoms with E-state index in [1.807, 2.05) is 30.3 Å². The van der Waals surface area contributed by atoms with Crippen molar-refractivity contribution >= 4 is 152 Å². The van der Waals surface area contributed by atoms with E-state index in [0.717, 1.165) is 9.79 Å². The van der Waals surface area contributed by atoms with Gasteiger partial charge in [-0.25, -0.2) is 0 Å². The van der Waals surface area contributed by atoms with Crippen molar-refractivity contribution in [2.45, 2.75) is 9.79 Å². The van der Waals surface area contributed by atoms with Gasteiger partial charge in [-0.3, -0.25) is 0 Å². The zero-order valence-electron chi connectivity index (χ0n) is 10.6. The Balaban J connectivity index is 0. The zero-order chi connectivity index (χ0) is 12.8. The summed E-state index contributed by atoms with van der Waals surface area (Å²) in [5.41, 5.74) is 0. The molecular weight excluding hydrogens is 635 g/mol. The Bertz CT molecular complexity index is 446. The predicted molar refractivity (Wildman–Crippen MR) is 117 cm³/mol. The molecule has 0 amide bonds. The Kier molecular flexibility index (Phi) is 17.8. The minimum absolute atomic E-state index is 0. The molecule has 0 aromatic heterocycles. The Morgan fingerprint density at radius 3 is 1.53 bits per heavy atom. The molecule has 0 N–H and O–H groups in total. The standard InChI is InChI=1S/C6H3I3S.C6H6S.2Na/c7-3-1-5(9)6(10)2-4(3)8;7-6-4-2-1-3-5-6;;/h1-2,10H;1-5,7H;;. The van der Waals surface area contributed by atoms with Gasteiger partial charge in [0.25, 0.3) is 0 Å². The Morgan fingerprint density at radius 2 is 1.16 bits per heavy atom. The quantitative estimate of drug-likeness (QED) is 0.172. The van der Waals surface area contributed by atoms with Crippen LogP contribution in [-0.4, -0.2) is 59.1 Å². The maximum absolute atomic E-state index is 4.30. The summed E-state index contributed by atoms with van der Waals surface area (Å²) >= 11 is 15.3. The van der Waals surface area contributed by atoms with Gasteiger partial charge in [0.1, 0.15) is 0 Å². The number of rotatable bonds is 0. The van der Waals surface area contributed by atoms with Crippen LogP contribution in [0.5, 0.6) is 0 Å². The van der Waals surface area contributed by atoms with Crippen LogP contribution in [0, 0.1) is 10.7 Å². The summed E-state index contributed by atoms with van der Waals surface area (Å²) in [6, 6.07) is 14.0. The first-order valence-electron chi connectivity index (χ1n) is 4.58. The minimum Gasteiger partial charge on any atom is -0.143 e. The van der Waals surface area contributed by atoms with Crippen LogP contribution in [0.4, 0.5) is 0 Å². The maximum Gasteiger partial charge on any atom is 0.0275 e. The van der Waals surface area contributed by atoms with Crippen molar-refractivity contribution in [2.75, 3.05) is 0 Å². The van der Waals surface area contributed by atoms with E-state index < -0.39 is 0 Å². The molecule has 0 aliphatic rings. The van der Waals surface area contributed by atoms with Gasteiger partial charge >= 0.3 is 0 Å². The van der Waals surface area contributed by atoms with Gasteiger partial charge in [0, 0.05) is 79.6 Å². The molecule has 2 aromatic rings. The molecule has 0 heterocycles. The van der Waals surface area contributed by atoms with Crippen LogP contribution in [-0.2, 0) is 0 Å². The van der Waals surface area contributed by atoms with Crippen LogP contribution in [0.15, 0.2) is 52.3 Å². The maximum atomic E-state index is 4.30. The second-order valence-electron chi connectivity index (χ2n) is 3.05. The van der Waals surface area contributed by atoms with Crippen LogP contribution >= 0.6 is 93.0 Å². The molecule has 0 aliphatic heterocycles. The van der Waals surface area contributed by atoms with Gasteiger partial charge in [0.05, 0.1) is 0 Å². The fraction of sp³-hybridized carbons (Fsp3) is 0. The van der Waals surface area contributed by atoms with Gasteiger partial charge in [-0.05, 0) is 92.0 Å². The Morgan fingerprint density at radius 1 is 0.684 bits per heavy atom. The van der Waals surface area contributed by atoms with E-state index in [1.54, 1.807) is 0 Å². The summed E-state index contributed by atoms with van der Waals surface area (Å²) in [6.07, 6.45) is 0. The number of hydrogen-bond acceptors (Lipinski definition) is 2. The summed E-state index contributed by atoms with van der Waals surface area (Å²) in [4.78, 5) is 2.08. The molecule has 0 fully saturated rings. The third-order valence-electron chi connectivity index (χ3n) is 1.75. The molecule has 0 nitrogen and oxygen atoms in total. The molecule has 92 valence electrons. The monoisotopic (exact) mass is 644 g/mol. The van der Waals surface area contributed by atoms with E-state index in [9.17, 15) is 0 Å². The molecule has 0 bridgehead atoms. The minimum atomic E-state index is 0. The van der Waals surface area contributed by atoms with Crippen LogP contribution in [0.3, 0.4) is 0 Å². The van der Waals surface area contributed by atoms with E-state index in [-0.39, 0.29) is 59.1 Å². The molecule has 0 unspecified atom stereocenters. The predicted octanol–water partition coefficient (Wildman–Crippen LogP) is 5.00. The second kappa shape index (κ2) is 13.7. The van der Waals surface area contributed by atoms with E-state index in [4.69, 9.17) is 0 Å². The molecule has 0 spiro atoms.